The summed E-state index contributed by atoms with van der Waals surface area (Å²) < 4.78 is 40.6. The minimum atomic E-state index is -4.10. The first-order valence-corrected chi connectivity index (χ1v) is 9.78. The number of hydrogen-bond acceptors (Lipinski definition) is 3. The molecule has 4 nitrogen and oxygen atoms in total. The van der Waals surface area contributed by atoms with Gasteiger partial charge in [-0.05, 0) is 55.3 Å². The third-order valence-corrected chi connectivity index (χ3v) is 5.71. The zero-order valence-corrected chi connectivity index (χ0v) is 16.3. The first-order chi connectivity index (χ1) is 13.3. The van der Waals surface area contributed by atoms with Gasteiger partial charge in [-0.2, -0.15) is 18.2 Å². The summed E-state index contributed by atoms with van der Waals surface area (Å²) in [4.78, 5) is 12.9. The van der Waals surface area contributed by atoms with Crippen molar-refractivity contribution < 1.29 is 13.2 Å². The molecule has 1 fully saturated rings. The number of halogens is 5. The Bertz CT molecular complexity index is 994. The lowest BCUT2D eigenvalue weighted by atomic mass is 9.81. The largest absolute Gasteiger partial charge is 0.391 e. The number of nitrogens with zero attached hydrogens (tertiary/aromatic N) is 4. The van der Waals surface area contributed by atoms with Crippen LogP contribution >= 0.6 is 23.2 Å². The topological polar surface area (TPSA) is 43.6 Å². The fraction of sp³-hybridized carbons (Fsp3) is 0.421. The first kappa shape index (κ1) is 19.5. The smallest absolute Gasteiger partial charge is 0.327 e. The van der Waals surface area contributed by atoms with Gasteiger partial charge < -0.3 is 4.57 Å². The summed E-state index contributed by atoms with van der Waals surface area (Å²) in [6.07, 6.45) is -1.04. The maximum atomic E-state index is 12.9. The molecule has 0 atom stereocenters. The molecular formula is C19H17Cl2F3N4. The molecule has 3 aromatic rings. The highest BCUT2D eigenvalue weighted by molar-refractivity contribution is 6.31. The third kappa shape index (κ3) is 3.96. The molecule has 0 aliphatic heterocycles. The van der Waals surface area contributed by atoms with Gasteiger partial charge in [0.25, 0.3) is 0 Å². The highest BCUT2D eigenvalue weighted by Crippen LogP contribution is 2.40. The van der Waals surface area contributed by atoms with E-state index in [1.807, 2.05) is 16.7 Å². The van der Waals surface area contributed by atoms with Crippen LogP contribution in [-0.2, 0) is 6.54 Å². The van der Waals surface area contributed by atoms with Gasteiger partial charge in [-0.15, -0.1) is 0 Å². The van der Waals surface area contributed by atoms with E-state index in [9.17, 15) is 13.2 Å². The standard InChI is InChI=1S/C19H17Cl2F3N4/c20-14-3-1-2-12(8-14)15-16-17(27-18(21)26-15)25-10-28(16)9-11-4-6-13(7-5-11)19(22,23)24/h1-3,8,10-11,13H,4-7,9H2/t11-,13-. The first-order valence-electron chi connectivity index (χ1n) is 9.02. The van der Waals surface area contributed by atoms with E-state index < -0.39 is 12.1 Å². The molecule has 1 aliphatic carbocycles. The maximum Gasteiger partial charge on any atom is 0.391 e. The summed E-state index contributed by atoms with van der Waals surface area (Å²) in [6, 6.07) is 7.24. The van der Waals surface area contributed by atoms with E-state index in [1.54, 1.807) is 18.5 Å². The van der Waals surface area contributed by atoms with Gasteiger partial charge >= 0.3 is 6.18 Å². The van der Waals surface area contributed by atoms with E-state index in [4.69, 9.17) is 23.2 Å². The molecule has 2 aromatic heterocycles. The minimum absolute atomic E-state index is 0.0819. The Morgan fingerprint density at radius 2 is 1.82 bits per heavy atom. The Morgan fingerprint density at radius 3 is 2.50 bits per heavy atom. The van der Waals surface area contributed by atoms with E-state index in [-0.39, 0.29) is 24.0 Å². The highest BCUT2D eigenvalue weighted by atomic mass is 35.5. The summed E-state index contributed by atoms with van der Waals surface area (Å²) in [5.41, 5.74) is 2.56. The predicted molar refractivity (Wildman–Crippen MR) is 102 cm³/mol. The van der Waals surface area contributed by atoms with Crippen molar-refractivity contribution in [1.29, 1.82) is 0 Å². The average molecular weight is 429 g/mol. The second-order valence-electron chi connectivity index (χ2n) is 7.18. The van der Waals surface area contributed by atoms with Crippen LogP contribution in [0.4, 0.5) is 13.2 Å². The van der Waals surface area contributed by atoms with Gasteiger partial charge in [-0.25, -0.2) is 9.97 Å². The number of hydrogen-bond donors (Lipinski definition) is 0. The van der Waals surface area contributed by atoms with Crippen LogP contribution in [0.5, 0.6) is 0 Å². The van der Waals surface area contributed by atoms with Crippen molar-refractivity contribution in [2.75, 3.05) is 0 Å². The molecule has 0 unspecified atom stereocenters. The number of rotatable bonds is 3. The van der Waals surface area contributed by atoms with Gasteiger partial charge in [-0.3, -0.25) is 0 Å². The molecule has 148 valence electrons. The quantitative estimate of drug-likeness (QED) is 0.468. The molecule has 0 N–H and O–H groups in total. The molecule has 0 bridgehead atoms. The predicted octanol–water partition coefficient (Wildman–Crippen LogP) is 6.17. The maximum absolute atomic E-state index is 12.9. The molecular weight excluding hydrogens is 412 g/mol. The van der Waals surface area contributed by atoms with Crippen LogP contribution in [0.2, 0.25) is 10.3 Å². The van der Waals surface area contributed by atoms with Crippen molar-refractivity contribution in [3.05, 3.63) is 40.9 Å². The summed E-state index contributed by atoms with van der Waals surface area (Å²) in [5, 5.41) is 0.648. The SMILES string of the molecule is FC(F)(F)[C@H]1CC[C@H](Cn2cnc3nc(Cl)nc(-c4cccc(Cl)c4)c32)CC1. The van der Waals surface area contributed by atoms with Crippen molar-refractivity contribution in [2.24, 2.45) is 11.8 Å². The van der Waals surface area contributed by atoms with Crippen molar-refractivity contribution in [3.63, 3.8) is 0 Å². The Morgan fingerprint density at radius 1 is 1.07 bits per heavy atom. The fourth-order valence-corrected chi connectivity index (χ4v) is 4.23. The molecule has 0 radical (unpaired) electrons. The van der Waals surface area contributed by atoms with Crippen LogP contribution in [0.1, 0.15) is 25.7 Å². The van der Waals surface area contributed by atoms with Gasteiger partial charge in [0.05, 0.1) is 12.2 Å². The van der Waals surface area contributed by atoms with E-state index in [1.165, 1.54) is 0 Å². The molecule has 9 heteroatoms. The highest BCUT2D eigenvalue weighted by Gasteiger charge is 2.41. The van der Waals surface area contributed by atoms with E-state index in [0.717, 1.165) is 5.56 Å². The van der Waals surface area contributed by atoms with Crippen LogP contribution in [0, 0.1) is 11.8 Å². The van der Waals surface area contributed by atoms with Crippen molar-refractivity contribution >= 4 is 34.4 Å². The Hall–Kier alpha value is -1.86. The van der Waals surface area contributed by atoms with Crippen LogP contribution in [0.25, 0.3) is 22.4 Å². The molecule has 4 rings (SSSR count). The number of fused-ring (bicyclic) bond motifs is 1. The molecule has 0 saturated heterocycles. The molecule has 28 heavy (non-hydrogen) atoms. The monoisotopic (exact) mass is 428 g/mol. The van der Waals surface area contributed by atoms with Gasteiger partial charge in [0, 0.05) is 17.1 Å². The number of aromatic nitrogens is 4. The van der Waals surface area contributed by atoms with E-state index in [0.29, 0.717) is 41.3 Å². The second kappa shape index (κ2) is 7.52. The van der Waals surface area contributed by atoms with Crippen molar-refractivity contribution in [2.45, 2.75) is 38.4 Å². The summed E-state index contributed by atoms with van der Waals surface area (Å²) in [6.45, 7) is 0.569. The lowest BCUT2D eigenvalue weighted by Crippen LogP contribution is -2.29. The molecule has 0 spiro atoms. The minimum Gasteiger partial charge on any atom is -0.327 e. The lowest BCUT2D eigenvalue weighted by Gasteiger charge is -2.30. The summed E-state index contributed by atoms with van der Waals surface area (Å²) in [7, 11) is 0. The van der Waals surface area contributed by atoms with Gasteiger partial charge in [-0.1, -0.05) is 23.7 Å². The summed E-state index contributed by atoms with van der Waals surface area (Å²) in [5.74, 6) is -1.04. The number of benzene rings is 1. The lowest BCUT2D eigenvalue weighted by molar-refractivity contribution is -0.184. The van der Waals surface area contributed by atoms with E-state index >= 15 is 0 Å². The molecule has 1 aliphatic rings. The van der Waals surface area contributed by atoms with Crippen LogP contribution in [-0.4, -0.2) is 25.7 Å². The molecule has 1 aromatic carbocycles. The fourth-order valence-electron chi connectivity index (χ4n) is 3.88. The Kier molecular flexibility index (Phi) is 5.22. The zero-order valence-electron chi connectivity index (χ0n) is 14.8. The average Bonchev–Trinajstić information content (AvgIpc) is 3.03. The molecule has 0 amide bonds. The van der Waals surface area contributed by atoms with Gasteiger partial charge in [0.1, 0.15) is 11.2 Å². The Labute approximate surface area is 169 Å². The molecule has 1 saturated carbocycles. The third-order valence-electron chi connectivity index (χ3n) is 5.31. The Balaban J connectivity index is 1.64. The van der Waals surface area contributed by atoms with Crippen LogP contribution in [0.3, 0.4) is 0 Å². The van der Waals surface area contributed by atoms with Gasteiger partial charge in [0.15, 0.2) is 5.65 Å². The van der Waals surface area contributed by atoms with Gasteiger partial charge in [0.2, 0.25) is 5.28 Å². The van der Waals surface area contributed by atoms with Crippen LogP contribution in [0.15, 0.2) is 30.6 Å². The normalized spacial score (nSPS) is 20.6. The zero-order chi connectivity index (χ0) is 19.9. The second-order valence-corrected chi connectivity index (χ2v) is 7.95. The number of imidazole rings is 1. The van der Waals surface area contributed by atoms with Crippen molar-refractivity contribution in [1.82, 2.24) is 19.5 Å². The number of alkyl halides is 3. The van der Waals surface area contributed by atoms with Crippen molar-refractivity contribution in [3.8, 4) is 11.3 Å². The van der Waals surface area contributed by atoms with Crippen LogP contribution < -0.4 is 0 Å². The van der Waals surface area contributed by atoms with E-state index in [2.05, 4.69) is 15.0 Å². The summed E-state index contributed by atoms with van der Waals surface area (Å²) >= 11 is 12.2. The molecule has 2 heterocycles.